The van der Waals surface area contributed by atoms with E-state index >= 15 is 0 Å². The summed E-state index contributed by atoms with van der Waals surface area (Å²) in [5, 5.41) is 0. The SMILES string of the molecule is CC(C)C(=O)C(C)(CC1CC1)OC(=O)N(C)C. The largest absolute Gasteiger partial charge is 0.435 e. The number of Topliss-reactive ketones (excluding diaryl/α,β-unsaturated/α-hetero) is 1. The van der Waals surface area contributed by atoms with Gasteiger partial charge < -0.3 is 9.64 Å². The highest BCUT2D eigenvalue weighted by molar-refractivity contribution is 5.90. The first-order chi connectivity index (χ1) is 7.76. The number of rotatable bonds is 5. The molecule has 1 saturated carbocycles. The third-order valence-corrected chi connectivity index (χ3v) is 3.10. The Balaban J connectivity index is 2.76. The summed E-state index contributed by atoms with van der Waals surface area (Å²) in [4.78, 5) is 25.2. The van der Waals surface area contributed by atoms with Crippen LogP contribution in [-0.2, 0) is 9.53 Å². The van der Waals surface area contributed by atoms with E-state index < -0.39 is 11.7 Å². The zero-order valence-electron chi connectivity index (χ0n) is 11.4. The van der Waals surface area contributed by atoms with E-state index in [0.29, 0.717) is 12.3 Å². The zero-order chi connectivity index (χ0) is 13.2. The summed E-state index contributed by atoms with van der Waals surface area (Å²) >= 11 is 0. The van der Waals surface area contributed by atoms with Crippen molar-refractivity contribution >= 4 is 11.9 Å². The van der Waals surface area contributed by atoms with Gasteiger partial charge >= 0.3 is 6.09 Å². The fourth-order valence-electron chi connectivity index (χ4n) is 1.96. The van der Waals surface area contributed by atoms with Gasteiger partial charge in [-0.05, 0) is 19.3 Å². The highest BCUT2D eigenvalue weighted by atomic mass is 16.6. The number of hydrogen-bond acceptors (Lipinski definition) is 3. The molecule has 17 heavy (non-hydrogen) atoms. The van der Waals surface area contributed by atoms with E-state index in [1.807, 2.05) is 13.8 Å². The van der Waals surface area contributed by atoms with Gasteiger partial charge in [0.2, 0.25) is 0 Å². The van der Waals surface area contributed by atoms with Crippen LogP contribution in [0.4, 0.5) is 4.79 Å². The highest BCUT2D eigenvalue weighted by Crippen LogP contribution is 2.39. The summed E-state index contributed by atoms with van der Waals surface area (Å²) in [6.07, 6.45) is 2.49. The quantitative estimate of drug-likeness (QED) is 0.743. The molecule has 1 fully saturated rings. The van der Waals surface area contributed by atoms with Gasteiger partial charge in [-0.3, -0.25) is 4.79 Å². The minimum absolute atomic E-state index is 0.0135. The fourth-order valence-corrected chi connectivity index (χ4v) is 1.96. The van der Waals surface area contributed by atoms with Gasteiger partial charge in [0.25, 0.3) is 0 Å². The van der Waals surface area contributed by atoms with E-state index in [-0.39, 0.29) is 11.7 Å². The topological polar surface area (TPSA) is 46.6 Å². The number of amides is 1. The molecule has 0 radical (unpaired) electrons. The van der Waals surface area contributed by atoms with Crippen LogP contribution in [0.5, 0.6) is 0 Å². The maximum atomic E-state index is 12.2. The molecule has 0 spiro atoms. The number of carbonyl (C=O) groups is 2. The molecule has 0 aromatic carbocycles. The molecule has 0 saturated heterocycles. The molecule has 98 valence electrons. The van der Waals surface area contributed by atoms with Crippen molar-refractivity contribution in [1.29, 1.82) is 0 Å². The minimum Gasteiger partial charge on any atom is -0.435 e. The summed E-state index contributed by atoms with van der Waals surface area (Å²) in [6, 6.07) is 0. The lowest BCUT2D eigenvalue weighted by molar-refractivity contribution is -0.141. The molecule has 0 N–H and O–H groups in total. The predicted octanol–water partition coefficient (Wildman–Crippen LogP) is 2.47. The van der Waals surface area contributed by atoms with Crippen LogP contribution in [0, 0.1) is 11.8 Å². The summed E-state index contributed by atoms with van der Waals surface area (Å²) in [5.74, 6) is 0.436. The first-order valence-corrected chi connectivity index (χ1v) is 6.21. The normalized spacial score (nSPS) is 18.7. The molecular formula is C13H23NO3. The van der Waals surface area contributed by atoms with Crippen molar-refractivity contribution < 1.29 is 14.3 Å². The van der Waals surface area contributed by atoms with Crippen LogP contribution in [0.1, 0.15) is 40.0 Å². The van der Waals surface area contributed by atoms with E-state index in [4.69, 9.17) is 4.74 Å². The Hall–Kier alpha value is -1.06. The summed E-state index contributed by atoms with van der Waals surface area (Å²) in [5.41, 5.74) is -0.962. The molecular weight excluding hydrogens is 218 g/mol. The van der Waals surface area contributed by atoms with Crippen LogP contribution in [0.3, 0.4) is 0 Å². The number of ketones is 1. The minimum atomic E-state index is -0.962. The first kappa shape index (κ1) is 14.0. The molecule has 1 amide bonds. The Kier molecular flexibility index (Phi) is 4.17. The molecule has 1 aliphatic rings. The van der Waals surface area contributed by atoms with Gasteiger partial charge in [-0.25, -0.2) is 4.79 Å². The monoisotopic (exact) mass is 241 g/mol. The Bertz CT molecular complexity index is 308. The molecule has 4 heteroatoms. The average molecular weight is 241 g/mol. The molecule has 1 aliphatic carbocycles. The molecule has 1 atom stereocenters. The molecule has 0 aliphatic heterocycles. The van der Waals surface area contributed by atoms with Gasteiger partial charge in [-0.1, -0.05) is 26.7 Å². The molecule has 4 nitrogen and oxygen atoms in total. The summed E-state index contributed by atoms with van der Waals surface area (Å²) in [6.45, 7) is 5.43. The maximum Gasteiger partial charge on any atom is 0.410 e. The van der Waals surface area contributed by atoms with Crippen molar-refractivity contribution in [2.24, 2.45) is 11.8 Å². The molecule has 0 aromatic heterocycles. The number of ether oxygens (including phenoxy) is 1. The van der Waals surface area contributed by atoms with Crippen LogP contribution in [0.25, 0.3) is 0 Å². The van der Waals surface area contributed by atoms with Gasteiger partial charge in [0.15, 0.2) is 11.4 Å². The predicted molar refractivity (Wildman–Crippen MR) is 65.8 cm³/mol. The second-order valence-electron chi connectivity index (χ2n) is 5.66. The average Bonchev–Trinajstić information content (AvgIpc) is 2.99. The van der Waals surface area contributed by atoms with Crippen LogP contribution in [0.2, 0.25) is 0 Å². The lowest BCUT2D eigenvalue weighted by atomic mass is 9.87. The number of carbonyl (C=O) groups excluding carboxylic acids is 2. The Morgan fingerprint density at radius 1 is 1.35 bits per heavy atom. The fraction of sp³-hybridized carbons (Fsp3) is 0.846. The van der Waals surface area contributed by atoms with Crippen LogP contribution < -0.4 is 0 Å². The second kappa shape index (κ2) is 5.07. The third kappa shape index (κ3) is 3.72. The standard InChI is InChI=1S/C13H23NO3/c1-9(2)11(15)13(3,8-10-6-7-10)17-12(16)14(4)5/h9-10H,6-8H2,1-5H3. The van der Waals surface area contributed by atoms with Gasteiger partial charge in [0, 0.05) is 20.0 Å². The van der Waals surface area contributed by atoms with Crippen molar-refractivity contribution in [2.75, 3.05) is 14.1 Å². The van der Waals surface area contributed by atoms with E-state index in [1.54, 1.807) is 21.0 Å². The maximum absolute atomic E-state index is 12.2. The lowest BCUT2D eigenvalue weighted by Crippen LogP contribution is -2.45. The van der Waals surface area contributed by atoms with Crippen molar-refractivity contribution in [3.63, 3.8) is 0 Å². The highest BCUT2D eigenvalue weighted by Gasteiger charge is 2.43. The Morgan fingerprint density at radius 3 is 2.24 bits per heavy atom. The Labute approximate surface area is 103 Å². The molecule has 1 rings (SSSR count). The van der Waals surface area contributed by atoms with Gasteiger partial charge in [0.1, 0.15) is 0 Å². The van der Waals surface area contributed by atoms with Gasteiger partial charge in [-0.15, -0.1) is 0 Å². The lowest BCUT2D eigenvalue weighted by Gasteiger charge is -2.31. The van der Waals surface area contributed by atoms with E-state index in [9.17, 15) is 9.59 Å². The number of nitrogens with zero attached hydrogens (tertiary/aromatic N) is 1. The summed E-state index contributed by atoms with van der Waals surface area (Å²) < 4.78 is 5.41. The molecule has 0 bridgehead atoms. The Morgan fingerprint density at radius 2 is 1.88 bits per heavy atom. The number of hydrogen-bond donors (Lipinski definition) is 0. The summed E-state index contributed by atoms with van der Waals surface area (Å²) in [7, 11) is 3.25. The van der Waals surface area contributed by atoms with Gasteiger partial charge in [0.05, 0.1) is 0 Å². The van der Waals surface area contributed by atoms with Crippen molar-refractivity contribution in [3.8, 4) is 0 Å². The third-order valence-electron chi connectivity index (χ3n) is 3.10. The van der Waals surface area contributed by atoms with E-state index in [0.717, 1.165) is 12.8 Å². The van der Waals surface area contributed by atoms with E-state index in [2.05, 4.69) is 0 Å². The zero-order valence-corrected chi connectivity index (χ0v) is 11.4. The van der Waals surface area contributed by atoms with Crippen LogP contribution in [0.15, 0.2) is 0 Å². The van der Waals surface area contributed by atoms with Gasteiger partial charge in [-0.2, -0.15) is 0 Å². The van der Waals surface area contributed by atoms with Crippen molar-refractivity contribution in [3.05, 3.63) is 0 Å². The van der Waals surface area contributed by atoms with E-state index in [1.165, 1.54) is 4.90 Å². The molecule has 1 unspecified atom stereocenters. The first-order valence-electron chi connectivity index (χ1n) is 6.21. The smallest absolute Gasteiger partial charge is 0.410 e. The molecule has 0 heterocycles. The van der Waals surface area contributed by atoms with Crippen molar-refractivity contribution in [1.82, 2.24) is 4.90 Å². The second-order valence-corrected chi connectivity index (χ2v) is 5.66. The molecule has 0 aromatic rings. The van der Waals surface area contributed by atoms with Crippen LogP contribution in [-0.4, -0.2) is 36.5 Å². The van der Waals surface area contributed by atoms with Crippen molar-refractivity contribution in [2.45, 2.75) is 45.6 Å². The van der Waals surface area contributed by atoms with Crippen LogP contribution >= 0.6 is 0 Å².